The van der Waals surface area contributed by atoms with Gasteiger partial charge in [0.1, 0.15) is 0 Å². The zero-order valence-corrected chi connectivity index (χ0v) is 12.0. The fourth-order valence-electron chi connectivity index (χ4n) is 1.88. The third-order valence-electron chi connectivity index (χ3n) is 2.84. The van der Waals surface area contributed by atoms with Crippen LogP contribution in [0.1, 0.15) is 6.42 Å². The van der Waals surface area contributed by atoms with Gasteiger partial charge in [0.15, 0.2) is 0 Å². The molecule has 0 amide bonds. The van der Waals surface area contributed by atoms with Gasteiger partial charge >= 0.3 is 0 Å². The molecule has 1 aromatic carbocycles. The van der Waals surface area contributed by atoms with Gasteiger partial charge < -0.3 is 5.11 Å². The number of aliphatic hydroxyl groups excluding tert-OH is 1. The molecule has 18 heavy (non-hydrogen) atoms. The molecule has 1 aromatic rings. The number of sulfonamides is 1. The summed E-state index contributed by atoms with van der Waals surface area (Å²) in [5.41, 5.74) is 0. The first-order valence-electron chi connectivity index (χ1n) is 5.58. The van der Waals surface area contributed by atoms with Gasteiger partial charge in [0.25, 0.3) is 0 Å². The summed E-state index contributed by atoms with van der Waals surface area (Å²) < 4.78 is 27.6. The third kappa shape index (κ3) is 3.20. The normalized spacial score (nSPS) is 23.4. The molecular weight excluding hydrogens is 318 g/mol. The first-order valence-corrected chi connectivity index (χ1v) is 7.86. The molecule has 0 unspecified atom stereocenters. The molecule has 0 fully saturated rings. The van der Waals surface area contributed by atoms with Gasteiger partial charge in [-0.1, -0.05) is 28.1 Å². The van der Waals surface area contributed by atoms with Crippen molar-refractivity contribution in [3.05, 3.63) is 40.9 Å². The Morgan fingerprint density at radius 3 is 2.50 bits per heavy atom. The van der Waals surface area contributed by atoms with Crippen molar-refractivity contribution in [2.24, 2.45) is 5.92 Å². The number of rotatable bonds is 4. The van der Waals surface area contributed by atoms with E-state index in [9.17, 15) is 8.42 Å². The number of benzene rings is 1. The van der Waals surface area contributed by atoms with Crippen molar-refractivity contribution in [2.75, 3.05) is 6.61 Å². The summed E-state index contributed by atoms with van der Waals surface area (Å²) in [6.45, 7) is 0.0486. The van der Waals surface area contributed by atoms with Crippen molar-refractivity contribution in [1.29, 1.82) is 0 Å². The lowest BCUT2D eigenvalue weighted by Crippen LogP contribution is -2.32. The third-order valence-corrected chi connectivity index (χ3v) is 4.87. The Labute approximate surface area is 115 Å². The molecule has 0 aromatic heterocycles. The quantitative estimate of drug-likeness (QED) is 0.824. The molecule has 2 atom stereocenters. The van der Waals surface area contributed by atoms with Crippen LogP contribution in [-0.4, -0.2) is 26.2 Å². The molecule has 0 radical (unpaired) electrons. The molecule has 0 saturated heterocycles. The average molecular weight is 332 g/mol. The zero-order chi connectivity index (χ0) is 13.2. The van der Waals surface area contributed by atoms with Crippen LogP contribution in [0.3, 0.4) is 0 Å². The molecule has 1 aliphatic carbocycles. The minimum absolute atomic E-state index is 0.0441. The maximum absolute atomic E-state index is 12.1. The second-order valence-electron chi connectivity index (χ2n) is 4.24. The Balaban J connectivity index is 2.09. The van der Waals surface area contributed by atoms with Gasteiger partial charge in [0.2, 0.25) is 10.0 Å². The van der Waals surface area contributed by atoms with E-state index in [1.165, 1.54) is 0 Å². The van der Waals surface area contributed by atoms with E-state index in [1.807, 2.05) is 6.08 Å². The molecule has 0 bridgehead atoms. The Hall–Kier alpha value is -0.690. The van der Waals surface area contributed by atoms with Crippen LogP contribution in [0.25, 0.3) is 0 Å². The number of aliphatic hydroxyl groups is 1. The Bertz CT molecular complexity index is 539. The van der Waals surface area contributed by atoms with Crippen molar-refractivity contribution in [2.45, 2.75) is 17.4 Å². The van der Waals surface area contributed by atoms with E-state index in [4.69, 9.17) is 5.11 Å². The van der Waals surface area contributed by atoms with Crippen LogP contribution in [0, 0.1) is 5.92 Å². The lowest BCUT2D eigenvalue weighted by atomic mass is 10.1. The smallest absolute Gasteiger partial charge is 0.241 e. The van der Waals surface area contributed by atoms with Crippen LogP contribution in [0.4, 0.5) is 0 Å². The van der Waals surface area contributed by atoms with Crippen molar-refractivity contribution in [3.8, 4) is 0 Å². The highest BCUT2D eigenvalue weighted by Crippen LogP contribution is 2.20. The highest BCUT2D eigenvalue weighted by Gasteiger charge is 2.23. The summed E-state index contributed by atoms with van der Waals surface area (Å²) in [5, 5.41) is 9.00. The molecule has 0 aliphatic heterocycles. The molecule has 4 nitrogen and oxygen atoms in total. The van der Waals surface area contributed by atoms with E-state index in [0.29, 0.717) is 6.42 Å². The van der Waals surface area contributed by atoms with Crippen molar-refractivity contribution >= 4 is 26.0 Å². The summed E-state index contributed by atoms with van der Waals surface area (Å²) in [6, 6.07) is 6.24. The van der Waals surface area contributed by atoms with Crippen LogP contribution < -0.4 is 4.72 Å². The molecule has 2 rings (SSSR count). The minimum atomic E-state index is -3.50. The summed E-state index contributed by atoms with van der Waals surface area (Å²) in [4.78, 5) is 0.242. The molecule has 98 valence electrons. The SMILES string of the molecule is O=S(=O)(N[C@@H]1C=C[C@H](CO)C1)c1ccc(Br)cc1. The van der Waals surface area contributed by atoms with E-state index in [-0.39, 0.29) is 23.5 Å². The molecule has 6 heteroatoms. The van der Waals surface area contributed by atoms with Crippen molar-refractivity contribution in [1.82, 2.24) is 4.72 Å². The first-order chi connectivity index (χ1) is 8.51. The van der Waals surface area contributed by atoms with Crippen LogP contribution in [0.15, 0.2) is 45.8 Å². The van der Waals surface area contributed by atoms with Gasteiger partial charge in [-0.3, -0.25) is 0 Å². The summed E-state index contributed by atoms with van der Waals surface area (Å²) >= 11 is 3.26. The van der Waals surface area contributed by atoms with Crippen molar-refractivity contribution < 1.29 is 13.5 Å². The maximum atomic E-state index is 12.1. The second-order valence-corrected chi connectivity index (χ2v) is 6.87. The van der Waals surface area contributed by atoms with E-state index < -0.39 is 10.0 Å². The molecule has 0 heterocycles. The van der Waals surface area contributed by atoms with Gasteiger partial charge in [0, 0.05) is 23.0 Å². The van der Waals surface area contributed by atoms with Gasteiger partial charge in [-0.15, -0.1) is 0 Å². The first kappa shape index (κ1) is 13.7. The topological polar surface area (TPSA) is 66.4 Å². The summed E-state index contributed by atoms with van der Waals surface area (Å²) in [5.74, 6) is 0.0441. The van der Waals surface area contributed by atoms with E-state index in [0.717, 1.165) is 4.47 Å². The molecule has 0 saturated carbocycles. The molecular formula is C12H14BrNO3S. The highest BCUT2D eigenvalue weighted by molar-refractivity contribution is 9.10. The highest BCUT2D eigenvalue weighted by atomic mass is 79.9. The van der Waals surface area contributed by atoms with E-state index >= 15 is 0 Å². The fraction of sp³-hybridized carbons (Fsp3) is 0.333. The monoisotopic (exact) mass is 331 g/mol. The summed E-state index contributed by atoms with van der Waals surface area (Å²) in [6.07, 6.45) is 4.23. The van der Waals surface area contributed by atoms with Crippen molar-refractivity contribution in [3.63, 3.8) is 0 Å². The largest absolute Gasteiger partial charge is 0.396 e. The lowest BCUT2D eigenvalue weighted by molar-refractivity contribution is 0.248. The van der Waals surface area contributed by atoms with Gasteiger partial charge in [-0.05, 0) is 30.7 Å². The second kappa shape index (κ2) is 5.52. The predicted octanol–water partition coefficient (Wildman–Crippen LogP) is 1.66. The predicted molar refractivity (Wildman–Crippen MR) is 72.6 cm³/mol. The number of hydrogen-bond donors (Lipinski definition) is 2. The number of halogens is 1. The average Bonchev–Trinajstić information content (AvgIpc) is 2.76. The van der Waals surface area contributed by atoms with Gasteiger partial charge in [0.05, 0.1) is 4.90 Å². The Morgan fingerprint density at radius 2 is 1.94 bits per heavy atom. The van der Waals surface area contributed by atoms with Gasteiger partial charge in [-0.2, -0.15) is 0 Å². The van der Waals surface area contributed by atoms with Crippen LogP contribution >= 0.6 is 15.9 Å². The van der Waals surface area contributed by atoms with Gasteiger partial charge in [-0.25, -0.2) is 13.1 Å². The maximum Gasteiger partial charge on any atom is 0.241 e. The lowest BCUT2D eigenvalue weighted by Gasteiger charge is -2.13. The van der Waals surface area contributed by atoms with E-state index in [2.05, 4.69) is 20.7 Å². The molecule has 1 aliphatic rings. The standard InChI is InChI=1S/C12H14BrNO3S/c13-10-2-5-12(6-3-10)18(16,17)14-11-4-1-9(7-11)8-15/h1-6,9,11,14-15H,7-8H2/t9-,11+/m0/s1. The van der Waals surface area contributed by atoms with Crippen LogP contribution in [-0.2, 0) is 10.0 Å². The Kier molecular flexibility index (Phi) is 4.21. The fourth-order valence-corrected chi connectivity index (χ4v) is 3.35. The Morgan fingerprint density at radius 1 is 1.28 bits per heavy atom. The van der Waals surface area contributed by atoms with Crippen LogP contribution in [0.5, 0.6) is 0 Å². The number of hydrogen-bond acceptors (Lipinski definition) is 3. The summed E-state index contributed by atoms with van der Waals surface area (Å²) in [7, 11) is -3.50. The van der Waals surface area contributed by atoms with E-state index in [1.54, 1.807) is 30.3 Å². The zero-order valence-electron chi connectivity index (χ0n) is 9.58. The number of nitrogens with one attached hydrogen (secondary N) is 1. The molecule has 2 N–H and O–H groups in total. The minimum Gasteiger partial charge on any atom is -0.396 e. The van der Waals surface area contributed by atoms with Crippen LogP contribution in [0.2, 0.25) is 0 Å². The molecule has 0 spiro atoms.